The summed E-state index contributed by atoms with van der Waals surface area (Å²) in [7, 11) is 1.42. The van der Waals surface area contributed by atoms with Gasteiger partial charge in [-0.3, -0.25) is 5.32 Å². The van der Waals surface area contributed by atoms with E-state index < -0.39 is 25.4 Å². The van der Waals surface area contributed by atoms with Crippen LogP contribution in [0.2, 0.25) is 0 Å². The number of methoxy groups -OCH3 is 1. The van der Waals surface area contributed by atoms with Crippen LogP contribution in [0.25, 0.3) is 0 Å². The van der Waals surface area contributed by atoms with Crippen LogP contribution in [0.4, 0.5) is 13.2 Å². The molecule has 0 amide bonds. The molecule has 0 aliphatic rings. The number of rotatable bonds is 5. The largest absolute Gasteiger partial charge is 0.496 e. The Morgan fingerprint density at radius 3 is 2.61 bits per heavy atom. The minimum Gasteiger partial charge on any atom is -0.496 e. The third-order valence-electron chi connectivity index (χ3n) is 2.30. The molecule has 0 aliphatic heterocycles. The normalized spacial score (nSPS) is 13.4. The highest BCUT2D eigenvalue weighted by atomic mass is 79.9. The van der Waals surface area contributed by atoms with Crippen molar-refractivity contribution >= 4 is 15.9 Å². The Kier molecular flexibility index (Phi) is 5.43. The van der Waals surface area contributed by atoms with Crippen LogP contribution in [-0.2, 0) is 0 Å². The van der Waals surface area contributed by atoms with Crippen molar-refractivity contribution in [1.82, 2.24) is 5.32 Å². The van der Waals surface area contributed by atoms with Gasteiger partial charge < -0.3 is 9.84 Å². The quantitative estimate of drug-likeness (QED) is 0.873. The van der Waals surface area contributed by atoms with E-state index in [0.717, 1.165) is 0 Å². The van der Waals surface area contributed by atoms with E-state index in [2.05, 4.69) is 21.2 Å². The van der Waals surface area contributed by atoms with E-state index in [9.17, 15) is 18.3 Å². The predicted molar refractivity (Wildman–Crippen MR) is 64.6 cm³/mol. The summed E-state index contributed by atoms with van der Waals surface area (Å²) in [5.74, 6) is 0.423. The van der Waals surface area contributed by atoms with E-state index in [1.807, 2.05) is 0 Å². The summed E-state index contributed by atoms with van der Waals surface area (Å²) < 4.78 is 42.2. The van der Waals surface area contributed by atoms with Crippen LogP contribution in [0.5, 0.6) is 5.75 Å². The lowest BCUT2D eigenvalue weighted by Gasteiger charge is -2.20. The van der Waals surface area contributed by atoms with Crippen LogP contribution in [0.15, 0.2) is 22.7 Å². The second-order valence-electron chi connectivity index (χ2n) is 3.62. The molecule has 0 saturated heterocycles. The third-order valence-corrected chi connectivity index (χ3v) is 2.79. The highest BCUT2D eigenvalue weighted by molar-refractivity contribution is 9.10. The van der Waals surface area contributed by atoms with Crippen LogP contribution in [0.1, 0.15) is 11.6 Å². The number of aliphatic hydroxyl groups is 1. The lowest BCUT2D eigenvalue weighted by molar-refractivity contribution is -0.126. The molecule has 18 heavy (non-hydrogen) atoms. The van der Waals surface area contributed by atoms with E-state index in [4.69, 9.17) is 4.74 Å². The Morgan fingerprint density at radius 2 is 2.11 bits per heavy atom. The average Bonchev–Trinajstić information content (AvgIpc) is 2.28. The first-order valence-corrected chi connectivity index (χ1v) is 5.91. The molecule has 0 radical (unpaired) electrons. The van der Waals surface area contributed by atoms with Gasteiger partial charge in [0.2, 0.25) is 0 Å². The maximum atomic E-state index is 12.1. The maximum Gasteiger partial charge on any atom is 0.401 e. The molecule has 0 spiro atoms. The Balaban J connectivity index is 2.90. The second kappa shape index (κ2) is 6.40. The highest BCUT2D eigenvalue weighted by Gasteiger charge is 2.29. The van der Waals surface area contributed by atoms with Crippen LogP contribution in [0.3, 0.4) is 0 Å². The Bertz CT molecular complexity index is 398. The Hall–Kier alpha value is -0.790. The minimum absolute atomic E-state index is 0.423. The summed E-state index contributed by atoms with van der Waals surface area (Å²) in [5, 5.41) is 11.4. The van der Waals surface area contributed by atoms with Gasteiger partial charge in [0.1, 0.15) is 5.75 Å². The van der Waals surface area contributed by atoms with Gasteiger partial charge in [-0.15, -0.1) is 0 Å². The van der Waals surface area contributed by atoms with Gasteiger partial charge in [-0.25, -0.2) is 0 Å². The number of ether oxygens (including phenoxy) is 1. The Morgan fingerprint density at radius 1 is 1.44 bits per heavy atom. The van der Waals surface area contributed by atoms with Gasteiger partial charge in [0, 0.05) is 10.0 Å². The van der Waals surface area contributed by atoms with Gasteiger partial charge in [0.25, 0.3) is 0 Å². The first-order valence-electron chi connectivity index (χ1n) is 5.12. The summed E-state index contributed by atoms with van der Waals surface area (Å²) in [6.07, 6.45) is -4.33. The zero-order valence-electron chi connectivity index (χ0n) is 9.59. The summed E-state index contributed by atoms with van der Waals surface area (Å²) in [6.45, 7) is -1.63. The standard InChI is InChI=1S/C11H13BrF3NO2/c1-18-10-3-2-7(12)4-8(10)9(5-17)16-6-11(13,14)15/h2-4,9,16-17H,5-6H2,1H3. The van der Waals surface area contributed by atoms with Crippen LogP contribution < -0.4 is 10.1 Å². The van der Waals surface area contributed by atoms with Crippen LogP contribution in [0, 0.1) is 0 Å². The lowest BCUT2D eigenvalue weighted by Crippen LogP contribution is -2.34. The fraction of sp³-hybridized carbons (Fsp3) is 0.455. The topological polar surface area (TPSA) is 41.5 Å². The molecule has 0 fully saturated rings. The zero-order valence-corrected chi connectivity index (χ0v) is 11.2. The fourth-order valence-corrected chi connectivity index (χ4v) is 1.87. The molecule has 1 unspecified atom stereocenters. The van der Waals surface area contributed by atoms with Gasteiger partial charge in [0.05, 0.1) is 26.3 Å². The second-order valence-corrected chi connectivity index (χ2v) is 4.53. The summed E-state index contributed by atoms with van der Waals surface area (Å²) in [6, 6.07) is 4.11. The molecule has 7 heteroatoms. The van der Waals surface area contributed by atoms with Gasteiger partial charge in [-0.2, -0.15) is 13.2 Å². The zero-order chi connectivity index (χ0) is 13.8. The average molecular weight is 328 g/mol. The number of benzene rings is 1. The molecule has 3 nitrogen and oxygen atoms in total. The smallest absolute Gasteiger partial charge is 0.401 e. The highest BCUT2D eigenvalue weighted by Crippen LogP contribution is 2.29. The van der Waals surface area contributed by atoms with Gasteiger partial charge in [0.15, 0.2) is 0 Å². The Labute approximate surface area is 111 Å². The van der Waals surface area contributed by atoms with Crippen molar-refractivity contribution in [1.29, 1.82) is 0 Å². The molecule has 0 aromatic heterocycles. The number of nitrogens with one attached hydrogen (secondary N) is 1. The molecule has 1 rings (SSSR count). The molecular formula is C11H13BrF3NO2. The van der Waals surface area contributed by atoms with E-state index in [1.165, 1.54) is 7.11 Å². The van der Waals surface area contributed by atoms with E-state index >= 15 is 0 Å². The van der Waals surface area contributed by atoms with Gasteiger partial charge >= 0.3 is 6.18 Å². The molecule has 0 heterocycles. The molecule has 0 aliphatic carbocycles. The van der Waals surface area contributed by atoms with Crippen LogP contribution >= 0.6 is 15.9 Å². The summed E-state index contributed by atoms with van der Waals surface area (Å²) in [5.41, 5.74) is 0.471. The minimum atomic E-state index is -4.33. The number of aliphatic hydroxyl groups excluding tert-OH is 1. The molecule has 0 saturated carbocycles. The van der Waals surface area contributed by atoms with Crippen molar-refractivity contribution in [3.63, 3.8) is 0 Å². The first kappa shape index (κ1) is 15.3. The first-order chi connectivity index (χ1) is 8.37. The van der Waals surface area contributed by atoms with Crippen molar-refractivity contribution in [2.24, 2.45) is 0 Å². The monoisotopic (exact) mass is 327 g/mol. The summed E-state index contributed by atoms with van der Waals surface area (Å²) in [4.78, 5) is 0. The molecule has 1 aromatic carbocycles. The molecule has 1 aromatic rings. The van der Waals surface area contributed by atoms with Crippen molar-refractivity contribution in [3.8, 4) is 5.75 Å². The summed E-state index contributed by atoms with van der Waals surface area (Å²) >= 11 is 3.23. The van der Waals surface area contributed by atoms with Crippen molar-refractivity contribution < 1.29 is 23.0 Å². The van der Waals surface area contributed by atoms with Crippen molar-refractivity contribution in [2.45, 2.75) is 12.2 Å². The number of hydrogen-bond acceptors (Lipinski definition) is 3. The number of hydrogen-bond donors (Lipinski definition) is 2. The fourth-order valence-electron chi connectivity index (χ4n) is 1.49. The lowest BCUT2D eigenvalue weighted by atomic mass is 10.1. The van der Waals surface area contributed by atoms with Gasteiger partial charge in [-0.1, -0.05) is 15.9 Å². The van der Waals surface area contributed by atoms with E-state index in [1.54, 1.807) is 18.2 Å². The molecular weight excluding hydrogens is 315 g/mol. The third kappa shape index (κ3) is 4.47. The molecule has 102 valence electrons. The molecule has 2 N–H and O–H groups in total. The van der Waals surface area contributed by atoms with Crippen molar-refractivity contribution in [3.05, 3.63) is 28.2 Å². The van der Waals surface area contributed by atoms with Crippen LogP contribution in [-0.4, -0.2) is 31.5 Å². The van der Waals surface area contributed by atoms with E-state index in [0.29, 0.717) is 15.8 Å². The van der Waals surface area contributed by atoms with E-state index in [-0.39, 0.29) is 0 Å². The maximum absolute atomic E-state index is 12.1. The molecule has 1 atom stereocenters. The number of alkyl halides is 3. The SMILES string of the molecule is COc1ccc(Br)cc1C(CO)NCC(F)(F)F. The number of halogens is 4. The van der Waals surface area contributed by atoms with Crippen molar-refractivity contribution in [2.75, 3.05) is 20.3 Å². The van der Waals surface area contributed by atoms with Gasteiger partial charge in [-0.05, 0) is 18.2 Å². The molecule has 0 bridgehead atoms. The predicted octanol–water partition coefficient (Wildman–Crippen LogP) is 2.64.